The molecule has 1 aromatic carbocycles. The first-order chi connectivity index (χ1) is 14.0. The van der Waals surface area contributed by atoms with Gasteiger partial charge < -0.3 is 15.4 Å². The number of hydrogen-bond acceptors (Lipinski definition) is 7. The highest BCUT2D eigenvalue weighted by Gasteiger charge is 2.31. The van der Waals surface area contributed by atoms with Gasteiger partial charge in [0.05, 0.1) is 5.69 Å². The van der Waals surface area contributed by atoms with Crippen molar-refractivity contribution >= 4 is 17.0 Å². The Morgan fingerprint density at radius 1 is 1.14 bits per heavy atom. The van der Waals surface area contributed by atoms with Gasteiger partial charge in [0.15, 0.2) is 5.65 Å². The predicted molar refractivity (Wildman–Crippen MR) is 101 cm³/mol. The van der Waals surface area contributed by atoms with Gasteiger partial charge in [0.2, 0.25) is 0 Å². The number of alkyl halides is 3. The molecule has 29 heavy (non-hydrogen) atoms. The van der Waals surface area contributed by atoms with Gasteiger partial charge in [0, 0.05) is 45.3 Å². The van der Waals surface area contributed by atoms with Crippen LogP contribution < -0.4 is 15.4 Å². The first kappa shape index (κ1) is 19.4. The predicted octanol–water partition coefficient (Wildman–Crippen LogP) is 2.03. The van der Waals surface area contributed by atoms with Crippen LogP contribution in [0.15, 0.2) is 36.4 Å². The molecule has 0 bridgehead atoms. The van der Waals surface area contributed by atoms with E-state index in [1.807, 2.05) is 6.07 Å². The molecule has 4 rings (SSSR count). The second-order valence-corrected chi connectivity index (χ2v) is 6.60. The Kier molecular flexibility index (Phi) is 5.49. The molecule has 8 nitrogen and oxygen atoms in total. The number of benzene rings is 1. The van der Waals surface area contributed by atoms with Crippen molar-refractivity contribution in [2.75, 3.05) is 44.6 Å². The molecule has 0 atom stereocenters. The summed E-state index contributed by atoms with van der Waals surface area (Å²) in [5, 5.41) is 14.7. The molecule has 3 heterocycles. The molecular weight excluding hydrogens is 387 g/mol. The number of pyridine rings is 1. The molecule has 0 unspecified atom stereocenters. The Bertz CT molecular complexity index is 969. The van der Waals surface area contributed by atoms with E-state index in [2.05, 4.69) is 35.6 Å². The van der Waals surface area contributed by atoms with Crippen molar-refractivity contribution in [3.63, 3.8) is 0 Å². The third-order valence-corrected chi connectivity index (χ3v) is 4.54. The lowest BCUT2D eigenvalue weighted by Crippen LogP contribution is -2.45. The quantitative estimate of drug-likeness (QED) is 0.647. The SMILES string of the molecule is FC(F)(F)Oc1cccc(-n2nnc3ccc(NCCN4CCNCC4)nc32)c1. The van der Waals surface area contributed by atoms with Crippen molar-refractivity contribution < 1.29 is 17.9 Å². The van der Waals surface area contributed by atoms with Gasteiger partial charge in [0.1, 0.15) is 17.1 Å². The number of fused-ring (bicyclic) bond motifs is 1. The minimum Gasteiger partial charge on any atom is -0.406 e. The molecule has 0 aliphatic carbocycles. The molecule has 0 amide bonds. The van der Waals surface area contributed by atoms with Crippen molar-refractivity contribution in [3.8, 4) is 11.4 Å². The third-order valence-electron chi connectivity index (χ3n) is 4.54. The van der Waals surface area contributed by atoms with Crippen LogP contribution >= 0.6 is 0 Å². The summed E-state index contributed by atoms with van der Waals surface area (Å²) in [4.78, 5) is 6.89. The van der Waals surface area contributed by atoms with E-state index >= 15 is 0 Å². The maximum atomic E-state index is 12.5. The van der Waals surface area contributed by atoms with Crippen LogP contribution in [0.3, 0.4) is 0 Å². The van der Waals surface area contributed by atoms with E-state index in [4.69, 9.17) is 0 Å². The van der Waals surface area contributed by atoms with Gasteiger partial charge in [0.25, 0.3) is 0 Å². The topological polar surface area (TPSA) is 80.1 Å². The summed E-state index contributed by atoms with van der Waals surface area (Å²) in [7, 11) is 0. The zero-order chi connectivity index (χ0) is 20.3. The van der Waals surface area contributed by atoms with Crippen LogP contribution in [0.25, 0.3) is 16.9 Å². The monoisotopic (exact) mass is 407 g/mol. The highest BCUT2D eigenvalue weighted by molar-refractivity contribution is 5.74. The van der Waals surface area contributed by atoms with E-state index in [1.165, 1.54) is 22.9 Å². The van der Waals surface area contributed by atoms with Gasteiger partial charge in [-0.25, -0.2) is 4.98 Å². The van der Waals surface area contributed by atoms with Crippen molar-refractivity contribution in [2.24, 2.45) is 0 Å². The lowest BCUT2D eigenvalue weighted by Gasteiger charge is -2.27. The molecule has 1 saturated heterocycles. The molecule has 0 spiro atoms. The molecule has 154 valence electrons. The zero-order valence-electron chi connectivity index (χ0n) is 15.5. The first-order valence-electron chi connectivity index (χ1n) is 9.23. The Morgan fingerprint density at radius 2 is 1.97 bits per heavy atom. The Labute approximate surface area is 164 Å². The molecule has 3 aromatic rings. The number of rotatable bonds is 6. The van der Waals surface area contributed by atoms with E-state index in [1.54, 1.807) is 12.1 Å². The normalized spacial score (nSPS) is 15.6. The number of halogens is 3. The fourth-order valence-electron chi connectivity index (χ4n) is 3.17. The number of piperazine rings is 1. The van der Waals surface area contributed by atoms with Gasteiger partial charge >= 0.3 is 6.36 Å². The highest BCUT2D eigenvalue weighted by Crippen LogP contribution is 2.25. The minimum atomic E-state index is -4.76. The van der Waals surface area contributed by atoms with Gasteiger partial charge in [-0.1, -0.05) is 11.3 Å². The summed E-state index contributed by atoms with van der Waals surface area (Å²) in [5.41, 5.74) is 1.36. The maximum Gasteiger partial charge on any atom is 0.573 e. The molecule has 1 aliphatic heterocycles. The van der Waals surface area contributed by atoms with Crippen LogP contribution in [0.5, 0.6) is 5.75 Å². The molecule has 1 fully saturated rings. The van der Waals surface area contributed by atoms with Gasteiger partial charge in [-0.05, 0) is 24.3 Å². The van der Waals surface area contributed by atoms with Crippen molar-refractivity contribution in [3.05, 3.63) is 36.4 Å². The molecular formula is C18H20F3N7O. The van der Waals surface area contributed by atoms with Crippen molar-refractivity contribution in [2.45, 2.75) is 6.36 Å². The van der Waals surface area contributed by atoms with E-state index in [0.717, 1.165) is 39.3 Å². The van der Waals surface area contributed by atoms with E-state index in [0.29, 0.717) is 22.7 Å². The summed E-state index contributed by atoms with van der Waals surface area (Å²) in [6, 6.07) is 9.13. The van der Waals surface area contributed by atoms with E-state index in [-0.39, 0.29) is 5.75 Å². The summed E-state index contributed by atoms with van der Waals surface area (Å²) in [6.45, 7) is 5.64. The van der Waals surface area contributed by atoms with Crippen LogP contribution in [0.1, 0.15) is 0 Å². The summed E-state index contributed by atoms with van der Waals surface area (Å²) < 4.78 is 42.8. The number of aromatic nitrogens is 4. The molecule has 2 aromatic heterocycles. The molecule has 11 heteroatoms. The molecule has 0 saturated carbocycles. The van der Waals surface area contributed by atoms with Crippen LogP contribution in [-0.2, 0) is 0 Å². The number of nitrogens with one attached hydrogen (secondary N) is 2. The number of hydrogen-bond donors (Lipinski definition) is 2. The largest absolute Gasteiger partial charge is 0.573 e. The number of ether oxygens (including phenoxy) is 1. The number of nitrogens with zero attached hydrogens (tertiary/aromatic N) is 5. The lowest BCUT2D eigenvalue weighted by molar-refractivity contribution is -0.274. The maximum absolute atomic E-state index is 12.5. The van der Waals surface area contributed by atoms with E-state index < -0.39 is 6.36 Å². The third kappa shape index (κ3) is 4.93. The lowest BCUT2D eigenvalue weighted by atomic mass is 10.3. The second kappa shape index (κ2) is 8.21. The van der Waals surface area contributed by atoms with Crippen LogP contribution in [0.4, 0.5) is 19.0 Å². The van der Waals surface area contributed by atoms with Crippen molar-refractivity contribution in [1.82, 2.24) is 30.2 Å². The number of anilines is 1. The Hall–Kier alpha value is -2.92. The summed E-state index contributed by atoms with van der Waals surface area (Å²) in [6.07, 6.45) is -4.76. The van der Waals surface area contributed by atoms with Gasteiger partial charge in [-0.3, -0.25) is 4.90 Å². The minimum absolute atomic E-state index is 0.330. The smallest absolute Gasteiger partial charge is 0.406 e. The van der Waals surface area contributed by atoms with Crippen LogP contribution in [-0.4, -0.2) is 70.5 Å². The Balaban J connectivity index is 1.50. The molecule has 2 N–H and O–H groups in total. The van der Waals surface area contributed by atoms with Gasteiger partial charge in [-0.15, -0.1) is 18.3 Å². The zero-order valence-corrected chi connectivity index (χ0v) is 15.5. The molecule has 0 radical (unpaired) electrons. The highest BCUT2D eigenvalue weighted by atomic mass is 19.4. The second-order valence-electron chi connectivity index (χ2n) is 6.60. The fourth-order valence-corrected chi connectivity index (χ4v) is 3.17. The summed E-state index contributed by atoms with van der Waals surface area (Å²) in [5.74, 6) is 0.322. The van der Waals surface area contributed by atoms with E-state index in [9.17, 15) is 13.2 Å². The fraction of sp³-hybridized carbons (Fsp3) is 0.389. The van der Waals surface area contributed by atoms with Crippen LogP contribution in [0, 0.1) is 0 Å². The average Bonchev–Trinajstić information content (AvgIpc) is 3.11. The van der Waals surface area contributed by atoms with Gasteiger partial charge in [-0.2, -0.15) is 4.68 Å². The average molecular weight is 407 g/mol. The summed E-state index contributed by atoms with van der Waals surface area (Å²) >= 11 is 0. The van der Waals surface area contributed by atoms with Crippen LogP contribution in [0.2, 0.25) is 0 Å². The first-order valence-corrected chi connectivity index (χ1v) is 9.23. The molecule has 1 aliphatic rings. The Morgan fingerprint density at radius 3 is 2.76 bits per heavy atom. The standard InChI is InChI=1S/C18H20F3N7O/c19-18(20,21)29-14-3-1-2-13(12-14)28-17-15(25-26-28)4-5-16(24-17)23-8-11-27-9-6-22-7-10-27/h1-5,12,22H,6-11H2,(H,23,24). The van der Waals surface area contributed by atoms with Crippen molar-refractivity contribution in [1.29, 1.82) is 0 Å².